The van der Waals surface area contributed by atoms with E-state index in [1.54, 1.807) is 0 Å². The van der Waals surface area contributed by atoms with E-state index in [4.69, 9.17) is 5.73 Å². The Hall–Kier alpha value is -2.12. The van der Waals surface area contributed by atoms with E-state index in [0.29, 0.717) is 12.4 Å². The standard InChI is InChI=1S/C25H38N4O2S/c1-4-15-29(32(3,30)31)24-18-21-12-8-13-25(2,26)19-22-11-7-10-20(16-22)9-5-6-14-27-23(17-21)28-24/h7,10-11,16-18H,4-6,8-9,12-15,19,26H2,1-3H3,(H,27,28). The number of fused-ring (bicyclic) bond motifs is 4. The van der Waals surface area contributed by atoms with Crippen LogP contribution in [0.1, 0.15) is 62.6 Å². The first kappa shape index (κ1) is 24.5. The molecule has 176 valence electrons. The molecule has 0 spiro atoms. The van der Waals surface area contributed by atoms with Gasteiger partial charge in [-0.05, 0) is 87.1 Å². The largest absolute Gasteiger partial charge is 0.370 e. The van der Waals surface area contributed by atoms with Crippen LogP contribution in [0.3, 0.4) is 0 Å². The molecule has 0 saturated carbocycles. The van der Waals surface area contributed by atoms with Gasteiger partial charge in [-0.1, -0.05) is 31.2 Å². The predicted molar refractivity (Wildman–Crippen MR) is 134 cm³/mol. The Morgan fingerprint density at radius 1 is 1.09 bits per heavy atom. The molecule has 1 atom stereocenters. The van der Waals surface area contributed by atoms with E-state index in [1.807, 2.05) is 13.0 Å². The monoisotopic (exact) mass is 458 g/mol. The zero-order valence-electron chi connectivity index (χ0n) is 19.7. The molecule has 3 N–H and O–H groups in total. The van der Waals surface area contributed by atoms with Crippen LogP contribution in [-0.2, 0) is 29.3 Å². The van der Waals surface area contributed by atoms with Crippen molar-refractivity contribution in [2.24, 2.45) is 5.73 Å². The fourth-order valence-electron chi connectivity index (χ4n) is 4.40. The van der Waals surface area contributed by atoms with Crippen molar-refractivity contribution in [2.45, 2.75) is 70.8 Å². The van der Waals surface area contributed by atoms with Crippen LogP contribution in [0.2, 0.25) is 0 Å². The minimum Gasteiger partial charge on any atom is -0.370 e. The van der Waals surface area contributed by atoms with Gasteiger partial charge in [-0.2, -0.15) is 0 Å². The highest BCUT2D eigenvalue weighted by atomic mass is 32.2. The summed E-state index contributed by atoms with van der Waals surface area (Å²) in [5.41, 5.74) is 10.1. The molecule has 6 nitrogen and oxygen atoms in total. The number of nitrogens with zero attached hydrogens (tertiary/aromatic N) is 2. The topological polar surface area (TPSA) is 88.3 Å². The molecule has 1 aliphatic rings. The highest BCUT2D eigenvalue weighted by molar-refractivity contribution is 7.92. The zero-order valence-corrected chi connectivity index (χ0v) is 20.5. The van der Waals surface area contributed by atoms with Gasteiger partial charge in [0.2, 0.25) is 10.0 Å². The number of nitrogens with two attached hydrogens (primary N) is 1. The summed E-state index contributed by atoms with van der Waals surface area (Å²) < 4.78 is 26.2. The second kappa shape index (κ2) is 10.7. The maximum atomic E-state index is 12.4. The molecule has 2 heterocycles. The van der Waals surface area contributed by atoms with Gasteiger partial charge in [-0.15, -0.1) is 0 Å². The highest BCUT2D eigenvalue weighted by Crippen LogP contribution is 2.24. The summed E-state index contributed by atoms with van der Waals surface area (Å²) in [6.07, 6.45) is 8.62. The van der Waals surface area contributed by atoms with Crippen LogP contribution in [0.4, 0.5) is 11.6 Å². The molecule has 32 heavy (non-hydrogen) atoms. The summed E-state index contributed by atoms with van der Waals surface area (Å²) in [5.74, 6) is 1.24. The van der Waals surface area contributed by atoms with Gasteiger partial charge < -0.3 is 11.1 Å². The molecule has 0 saturated heterocycles. The van der Waals surface area contributed by atoms with Crippen molar-refractivity contribution < 1.29 is 8.42 Å². The van der Waals surface area contributed by atoms with Crippen molar-refractivity contribution in [3.63, 3.8) is 0 Å². The van der Waals surface area contributed by atoms with Crippen molar-refractivity contribution >= 4 is 21.7 Å². The number of pyridine rings is 1. The Morgan fingerprint density at radius 3 is 2.59 bits per heavy atom. The summed E-state index contributed by atoms with van der Waals surface area (Å²) in [6.45, 7) is 5.33. The average Bonchev–Trinajstić information content (AvgIpc) is 2.70. The van der Waals surface area contributed by atoms with Crippen LogP contribution in [0.15, 0.2) is 36.4 Å². The van der Waals surface area contributed by atoms with E-state index >= 15 is 0 Å². The third-order valence-electron chi connectivity index (χ3n) is 5.97. The Balaban J connectivity index is 1.87. The number of sulfonamides is 1. The van der Waals surface area contributed by atoms with Crippen molar-refractivity contribution in [1.29, 1.82) is 0 Å². The summed E-state index contributed by atoms with van der Waals surface area (Å²) in [7, 11) is -3.39. The van der Waals surface area contributed by atoms with Gasteiger partial charge in [0.25, 0.3) is 0 Å². The molecule has 1 unspecified atom stereocenters. The van der Waals surface area contributed by atoms with Gasteiger partial charge in [0.15, 0.2) is 0 Å². The fourth-order valence-corrected chi connectivity index (χ4v) is 5.35. The van der Waals surface area contributed by atoms with Crippen molar-refractivity contribution in [3.05, 3.63) is 53.1 Å². The number of aryl methyl sites for hydroxylation is 2. The van der Waals surface area contributed by atoms with Crippen molar-refractivity contribution in [3.8, 4) is 0 Å². The lowest BCUT2D eigenvalue weighted by molar-refractivity contribution is 0.416. The lowest BCUT2D eigenvalue weighted by Crippen LogP contribution is -2.38. The number of benzene rings is 1. The van der Waals surface area contributed by atoms with Crippen LogP contribution in [0.5, 0.6) is 0 Å². The first-order valence-corrected chi connectivity index (χ1v) is 13.6. The number of aromatic nitrogens is 1. The Morgan fingerprint density at radius 2 is 1.84 bits per heavy atom. The Labute approximate surface area is 193 Å². The van der Waals surface area contributed by atoms with Gasteiger partial charge in [-0.3, -0.25) is 4.31 Å². The zero-order chi connectivity index (χ0) is 23.2. The van der Waals surface area contributed by atoms with E-state index in [2.05, 4.69) is 47.6 Å². The summed E-state index contributed by atoms with van der Waals surface area (Å²) in [5, 5.41) is 3.42. The first-order valence-electron chi connectivity index (χ1n) is 11.8. The van der Waals surface area contributed by atoms with Crippen LogP contribution in [0, 0.1) is 0 Å². The Kier molecular flexibility index (Phi) is 8.17. The lowest BCUT2D eigenvalue weighted by atomic mass is 9.87. The highest BCUT2D eigenvalue weighted by Gasteiger charge is 2.21. The molecule has 0 amide bonds. The second-order valence-corrected chi connectivity index (χ2v) is 11.3. The molecule has 1 aromatic heterocycles. The van der Waals surface area contributed by atoms with E-state index in [0.717, 1.165) is 69.3 Å². The molecule has 3 rings (SSSR count). The molecule has 0 aliphatic carbocycles. The van der Waals surface area contributed by atoms with Gasteiger partial charge in [0, 0.05) is 18.6 Å². The maximum Gasteiger partial charge on any atom is 0.233 e. The van der Waals surface area contributed by atoms with Crippen LogP contribution in [-0.4, -0.2) is 38.3 Å². The van der Waals surface area contributed by atoms with Gasteiger partial charge in [-0.25, -0.2) is 13.4 Å². The van der Waals surface area contributed by atoms with E-state index < -0.39 is 10.0 Å². The molecule has 0 radical (unpaired) electrons. The normalized spacial score (nSPS) is 20.4. The molecule has 0 fully saturated rings. The van der Waals surface area contributed by atoms with Crippen molar-refractivity contribution in [2.75, 3.05) is 29.0 Å². The maximum absolute atomic E-state index is 12.4. The Bertz CT molecular complexity index is 1000. The van der Waals surface area contributed by atoms with E-state index in [-0.39, 0.29) is 5.54 Å². The number of rotatable bonds is 4. The molecular formula is C25H38N4O2S. The SMILES string of the molecule is CCCN(c1cc2cc(n1)NCCCCc1cccc(c1)CC(C)(N)CCC2)S(C)(=O)=O. The quantitative estimate of drug-likeness (QED) is 0.714. The van der Waals surface area contributed by atoms with Gasteiger partial charge in [0.1, 0.15) is 11.6 Å². The number of hydrogen-bond acceptors (Lipinski definition) is 5. The molecular weight excluding hydrogens is 420 g/mol. The minimum atomic E-state index is -3.39. The third kappa shape index (κ3) is 7.20. The molecule has 2 aromatic rings. The van der Waals surface area contributed by atoms with Crippen LogP contribution in [0.25, 0.3) is 0 Å². The summed E-state index contributed by atoms with van der Waals surface area (Å²) >= 11 is 0. The second-order valence-electron chi connectivity index (χ2n) is 9.44. The summed E-state index contributed by atoms with van der Waals surface area (Å²) in [4.78, 5) is 4.65. The smallest absolute Gasteiger partial charge is 0.233 e. The lowest BCUT2D eigenvalue weighted by Gasteiger charge is -2.26. The molecule has 4 bridgehead atoms. The van der Waals surface area contributed by atoms with Crippen LogP contribution < -0.4 is 15.4 Å². The number of nitrogens with one attached hydrogen (secondary N) is 1. The molecule has 1 aliphatic heterocycles. The molecule has 1 aromatic carbocycles. The van der Waals surface area contributed by atoms with E-state index in [9.17, 15) is 8.42 Å². The number of anilines is 2. The fraction of sp³-hybridized carbons (Fsp3) is 0.560. The van der Waals surface area contributed by atoms with Crippen LogP contribution >= 0.6 is 0 Å². The average molecular weight is 459 g/mol. The van der Waals surface area contributed by atoms with Gasteiger partial charge >= 0.3 is 0 Å². The minimum absolute atomic E-state index is 0.284. The number of hydrogen-bond donors (Lipinski definition) is 2. The summed E-state index contributed by atoms with van der Waals surface area (Å²) in [6, 6.07) is 12.8. The predicted octanol–water partition coefficient (Wildman–Crippen LogP) is 4.29. The van der Waals surface area contributed by atoms with E-state index in [1.165, 1.54) is 21.7 Å². The van der Waals surface area contributed by atoms with Crippen molar-refractivity contribution in [1.82, 2.24) is 4.98 Å². The molecule has 7 heteroatoms. The first-order chi connectivity index (χ1) is 15.2. The third-order valence-corrected chi connectivity index (χ3v) is 7.14. The van der Waals surface area contributed by atoms with Gasteiger partial charge in [0.05, 0.1) is 6.26 Å².